The molecule has 1 fully saturated rings. The third-order valence-corrected chi connectivity index (χ3v) is 2.76. The monoisotopic (exact) mass is 209 g/mol. The molecule has 0 amide bonds. The Hall–Kier alpha value is -1.20. The van der Waals surface area contributed by atoms with E-state index in [9.17, 15) is 4.79 Å². The quantitative estimate of drug-likeness (QED) is 0.720. The molecule has 5 nitrogen and oxygen atoms in total. The normalized spacial score (nSPS) is 20.8. The minimum atomic E-state index is -0.119. The van der Waals surface area contributed by atoms with Crippen molar-refractivity contribution in [2.45, 2.75) is 25.8 Å². The maximum absolute atomic E-state index is 11.6. The van der Waals surface area contributed by atoms with Crippen molar-refractivity contribution in [3.63, 3.8) is 0 Å². The van der Waals surface area contributed by atoms with E-state index >= 15 is 0 Å². The fourth-order valence-electron chi connectivity index (χ4n) is 1.82. The highest BCUT2D eigenvalue weighted by atomic mass is 16.5. The zero-order valence-corrected chi connectivity index (χ0v) is 8.75. The summed E-state index contributed by atoms with van der Waals surface area (Å²) < 4.78 is 5.26. The lowest BCUT2D eigenvalue weighted by molar-refractivity contribution is 0.193. The van der Waals surface area contributed by atoms with Crippen molar-refractivity contribution < 1.29 is 4.74 Å². The van der Waals surface area contributed by atoms with Crippen molar-refractivity contribution in [3.05, 3.63) is 27.4 Å². The molecular formula is C10H15N3O2. The summed E-state index contributed by atoms with van der Waals surface area (Å²) in [6.45, 7) is 3.43. The van der Waals surface area contributed by atoms with E-state index < -0.39 is 0 Å². The van der Waals surface area contributed by atoms with E-state index in [0.29, 0.717) is 12.2 Å². The third-order valence-electron chi connectivity index (χ3n) is 2.76. The van der Waals surface area contributed by atoms with Gasteiger partial charge in [-0.25, -0.2) is 4.98 Å². The Morgan fingerprint density at radius 3 is 3.00 bits per heavy atom. The SMILES string of the molecule is Cc1nc(C2CCOC2)[nH]c(=O)c1CN. The second kappa shape index (κ2) is 4.12. The van der Waals surface area contributed by atoms with Crippen LogP contribution in [-0.2, 0) is 11.3 Å². The predicted octanol–water partition coefficient (Wildman–Crippen LogP) is 0.0409. The molecule has 0 bridgehead atoms. The Labute approximate surface area is 87.7 Å². The lowest BCUT2D eigenvalue weighted by Gasteiger charge is -2.09. The molecule has 1 aliphatic rings. The molecule has 1 aliphatic heterocycles. The smallest absolute Gasteiger partial charge is 0.255 e. The Bertz CT molecular complexity index is 408. The number of rotatable bonds is 2. The summed E-state index contributed by atoms with van der Waals surface area (Å²) in [4.78, 5) is 18.8. The first-order valence-corrected chi connectivity index (χ1v) is 5.10. The number of nitrogens with two attached hydrogens (primary N) is 1. The van der Waals surface area contributed by atoms with Gasteiger partial charge >= 0.3 is 0 Å². The molecule has 2 heterocycles. The number of hydrogen-bond acceptors (Lipinski definition) is 4. The fraction of sp³-hybridized carbons (Fsp3) is 0.600. The van der Waals surface area contributed by atoms with Crippen molar-refractivity contribution in [1.29, 1.82) is 0 Å². The molecule has 0 aromatic carbocycles. The first-order valence-electron chi connectivity index (χ1n) is 5.10. The molecule has 5 heteroatoms. The molecule has 0 aliphatic carbocycles. The van der Waals surface area contributed by atoms with Crippen LogP contribution in [0.15, 0.2) is 4.79 Å². The van der Waals surface area contributed by atoms with Gasteiger partial charge in [0, 0.05) is 24.8 Å². The van der Waals surface area contributed by atoms with Crippen LogP contribution in [0.3, 0.4) is 0 Å². The molecule has 3 N–H and O–H groups in total. The molecule has 82 valence electrons. The van der Waals surface area contributed by atoms with Crippen LogP contribution in [0.25, 0.3) is 0 Å². The summed E-state index contributed by atoms with van der Waals surface area (Å²) in [6.07, 6.45) is 0.921. The highest BCUT2D eigenvalue weighted by Gasteiger charge is 2.21. The van der Waals surface area contributed by atoms with Crippen molar-refractivity contribution in [1.82, 2.24) is 9.97 Å². The van der Waals surface area contributed by atoms with E-state index in [1.165, 1.54) is 0 Å². The number of aromatic nitrogens is 2. The van der Waals surface area contributed by atoms with Gasteiger partial charge in [0.25, 0.3) is 5.56 Å². The molecule has 1 saturated heterocycles. The first kappa shape index (κ1) is 10.3. The molecule has 1 aromatic heterocycles. The summed E-state index contributed by atoms with van der Waals surface area (Å²) in [5.74, 6) is 0.954. The van der Waals surface area contributed by atoms with E-state index in [2.05, 4.69) is 9.97 Å². The predicted molar refractivity (Wildman–Crippen MR) is 55.7 cm³/mol. The van der Waals surface area contributed by atoms with Crippen LogP contribution < -0.4 is 11.3 Å². The minimum absolute atomic E-state index is 0.119. The summed E-state index contributed by atoms with van der Waals surface area (Å²) >= 11 is 0. The zero-order valence-electron chi connectivity index (χ0n) is 8.75. The molecule has 15 heavy (non-hydrogen) atoms. The van der Waals surface area contributed by atoms with E-state index in [-0.39, 0.29) is 18.0 Å². The Kier molecular flexibility index (Phi) is 2.83. The summed E-state index contributed by atoms with van der Waals surface area (Å²) in [7, 11) is 0. The van der Waals surface area contributed by atoms with Gasteiger partial charge in [-0.15, -0.1) is 0 Å². The molecule has 1 unspecified atom stereocenters. The van der Waals surface area contributed by atoms with Gasteiger partial charge in [0.1, 0.15) is 5.82 Å². The third kappa shape index (κ3) is 1.93. The number of hydrogen-bond donors (Lipinski definition) is 2. The highest BCUT2D eigenvalue weighted by molar-refractivity contribution is 5.17. The minimum Gasteiger partial charge on any atom is -0.381 e. The summed E-state index contributed by atoms with van der Waals surface area (Å²) in [5, 5.41) is 0. The average molecular weight is 209 g/mol. The van der Waals surface area contributed by atoms with Gasteiger partial charge in [-0.1, -0.05) is 0 Å². The topological polar surface area (TPSA) is 81.0 Å². The Morgan fingerprint density at radius 2 is 2.47 bits per heavy atom. The molecule has 2 rings (SSSR count). The van der Waals surface area contributed by atoms with Gasteiger partial charge < -0.3 is 15.5 Å². The highest BCUT2D eigenvalue weighted by Crippen LogP contribution is 2.21. The second-order valence-corrected chi connectivity index (χ2v) is 3.78. The summed E-state index contributed by atoms with van der Waals surface area (Å²) in [6, 6.07) is 0. The lowest BCUT2D eigenvalue weighted by Crippen LogP contribution is -2.23. The van der Waals surface area contributed by atoms with Crippen molar-refractivity contribution >= 4 is 0 Å². The second-order valence-electron chi connectivity index (χ2n) is 3.78. The number of nitrogens with one attached hydrogen (secondary N) is 1. The van der Waals surface area contributed by atoms with Crippen LogP contribution in [0.4, 0.5) is 0 Å². The molecule has 1 atom stereocenters. The molecule has 0 spiro atoms. The average Bonchev–Trinajstić information content (AvgIpc) is 2.69. The van der Waals surface area contributed by atoms with Crippen LogP contribution in [0.2, 0.25) is 0 Å². The zero-order chi connectivity index (χ0) is 10.8. The van der Waals surface area contributed by atoms with Crippen molar-refractivity contribution in [2.24, 2.45) is 5.73 Å². The van der Waals surface area contributed by atoms with E-state index in [1.807, 2.05) is 6.92 Å². The van der Waals surface area contributed by atoms with Gasteiger partial charge in [0.15, 0.2) is 0 Å². The van der Waals surface area contributed by atoms with Gasteiger partial charge in [-0.05, 0) is 13.3 Å². The summed E-state index contributed by atoms with van der Waals surface area (Å²) in [5.41, 5.74) is 6.64. The maximum Gasteiger partial charge on any atom is 0.255 e. The van der Waals surface area contributed by atoms with E-state index in [4.69, 9.17) is 10.5 Å². The van der Waals surface area contributed by atoms with Gasteiger partial charge in [0.2, 0.25) is 0 Å². The standard InChI is InChI=1S/C10H15N3O2/c1-6-8(4-11)10(14)13-9(12-6)7-2-3-15-5-7/h7H,2-5,11H2,1H3,(H,12,13,14). The number of aromatic amines is 1. The van der Waals surface area contributed by atoms with E-state index in [1.54, 1.807) is 0 Å². The van der Waals surface area contributed by atoms with Gasteiger partial charge in [-0.3, -0.25) is 4.79 Å². The maximum atomic E-state index is 11.6. The fourth-order valence-corrected chi connectivity index (χ4v) is 1.82. The van der Waals surface area contributed by atoms with Crippen LogP contribution in [0.5, 0.6) is 0 Å². The van der Waals surface area contributed by atoms with Crippen LogP contribution >= 0.6 is 0 Å². The largest absolute Gasteiger partial charge is 0.381 e. The molecular weight excluding hydrogens is 194 g/mol. The molecule has 1 aromatic rings. The molecule has 0 radical (unpaired) electrons. The van der Waals surface area contributed by atoms with Crippen LogP contribution in [0.1, 0.15) is 29.4 Å². The van der Waals surface area contributed by atoms with E-state index in [0.717, 1.165) is 24.5 Å². The van der Waals surface area contributed by atoms with Gasteiger partial charge in [-0.2, -0.15) is 0 Å². The van der Waals surface area contributed by atoms with Crippen molar-refractivity contribution in [3.8, 4) is 0 Å². The van der Waals surface area contributed by atoms with Gasteiger partial charge in [0.05, 0.1) is 12.2 Å². The lowest BCUT2D eigenvalue weighted by atomic mass is 10.1. The Morgan fingerprint density at radius 1 is 1.67 bits per heavy atom. The van der Waals surface area contributed by atoms with Crippen LogP contribution in [-0.4, -0.2) is 23.2 Å². The number of aryl methyl sites for hydroxylation is 1. The number of ether oxygens (including phenoxy) is 1. The van der Waals surface area contributed by atoms with Crippen molar-refractivity contribution in [2.75, 3.05) is 13.2 Å². The first-order chi connectivity index (χ1) is 7.22. The molecule has 0 saturated carbocycles. The Balaban J connectivity index is 2.38. The number of H-pyrrole nitrogens is 1. The number of nitrogens with zero attached hydrogens (tertiary/aromatic N) is 1. The van der Waals surface area contributed by atoms with Crippen LogP contribution in [0, 0.1) is 6.92 Å².